The van der Waals surface area contributed by atoms with Crippen molar-refractivity contribution in [3.05, 3.63) is 0 Å². The first-order valence-electron chi connectivity index (χ1n) is 8.03. The van der Waals surface area contributed by atoms with Gasteiger partial charge >= 0.3 is 0 Å². The first-order valence-corrected chi connectivity index (χ1v) is 8.03. The van der Waals surface area contributed by atoms with Crippen molar-refractivity contribution in [2.24, 2.45) is 27.6 Å². The van der Waals surface area contributed by atoms with Gasteiger partial charge in [0.15, 0.2) is 11.9 Å². The third kappa shape index (κ3) is 13.4. The van der Waals surface area contributed by atoms with Crippen LogP contribution in [0.5, 0.6) is 0 Å². The van der Waals surface area contributed by atoms with Gasteiger partial charge in [-0.15, -0.1) is 0 Å². The normalized spacial score (nSPS) is 10.9. The molecule has 0 aromatic carbocycles. The van der Waals surface area contributed by atoms with Crippen LogP contribution in [-0.4, -0.2) is 48.9 Å². The van der Waals surface area contributed by atoms with Gasteiger partial charge in [0.25, 0.3) is 0 Å². The van der Waals surface area contributed by atoms with Crippen LogP contribution >= 0.6 is 0 Å². The van der Waals surface area contributed by atoms with Crippen molar-refractivity contribution in [1.82, 2.24) is 10.2 Å². The minimum absolute atomic E-state index is 0.0524. The zero-order chi connectivity index (χ0) is 17.9. The molecule has 23 heavy (non-hydrogen) atoms. The number of aliphatic imine (C=N–C) groups is 1. The molecule has 0 aliphatic heterocycles. The highest BCUT2D eigenvalue weighted by Gasteiger charge is 2.17. The van der Waals surface area contributed by atoms with Gasteiger partial charge < -0.3 is 27.4 Å². The summed E-state index contributed by atoms with van der Waals surface area (Å²) in [6.45, 7) is 8.72. The topological polar surface area (TPSA) is 147 Å². The van der Waals surface area contributed by atoms with Crippen LogP contribution in [0, 0.1) is 10.8 Å². The standard InChI is InChI=1S/C15H33N7O/c1-15(2,3)7-6-12(23)22(10-4-8-20-13(16)17)11-5-9-21-14(18)19/h4-11H2,1-3H3,(H4,16,17,20)(H4,18,19,21). The fourth-order valence-corrected chi connectivity index (χ4v) is 1.96. The van der Waals surface area contributed by atoms with Gasteiger partial charge in [-0.3, -0.25) is 15.2 Å². The van der Waals surface area contributed by atoms with Gasteiger partial charge in [-0.2, -0.15) is 0 Å². The van der Waals surface area contributed by atoms with E-state index in [1.54, 1.807) is 0 Å². The fraction of sp³-hybridized carbons (Fsp3) is 0.800. The van der Waals surface area contributed by atoms with E-state index >= 15 is 0 Å². The Hall–Kier alpha value is -1.99. The molecule has 0 rings (SSSR count). The van der Waals surface area contributed by atoms with E-state index in [0.717, 1.165) is 19.3 Å². The summed E-state index contributed by atoms with van der Waals surface area (Å²) in [6.07, 6.45) is 2.84. The third-order valence-electron chi connectivity index (χ3n) is 3.24. The lowest BCUT2D eigenvalue weighted by Crippen LogP contribution is -2.37. The number of hydrogen-bond acceptors (Lipinski definition) is 3. The van der Waals surface area contributed by atoms with E-state index in [-0.39, 0.29) is 23.2 Å². The van der Waals surface area contributed by atoms with Crippen molar-refractivity contribution in [2.45, 2.75) is 46.5 Å². The zero-order valence-electron chi connectivity index (χ0n) is 14.7. The van der Waals surface area contributed by atoms with Crippen molar-refractivity contribution in [3.8, 4) is 0 Å². The SMILES string of the molecule is CC(C)(C)CCC(=O)N(CCCN=C(N)N)CCCNC(=N)N. The van der Waals surface area contributed by atoms with Gasteiger partial charge in [-0.25, -0.2) is 0 Å². The fourth-order valence-electron chi connectivity index (χ4n) is 1.96. The summed E-state index contributed by atoms with van der Waals surface area (Å²) in [5.41, 5.74) is 16.0. The van der Waals surface area contributed by atoms with Crippen molar-refractivity contribution in [1.29, 1.82) is 5.41 Å². The highest BCUT2D eigenvalue weighted by molar-refractivity contribution is 5.76. The van der Waals surface area contributed by atoms with Crippen LogP contribution in [0.4, 0.5) is 0 Å². The predicted molar refractivity (Wildman–Crippen MR) is 95.1 cm³/mol. The summed E-state index contributed by atoms with van der Waals surface area (Å²) in [4.78, 5) is 18.2. The molecule has 0 bridgehead atoms. The summed E-state index contributed by atoms with van der Waals surface area (Å²) in [5, 5.41) is 9.87. The van der Waals surface area contributed by atoms with Crippen LogP contribution in [0.25, 0.3) is 0 Å². The molecule has 0 aliphatic rings. The lowest BCUT2D eigenvalue weighted by Gasteiger charge is -2.25. The van der Waals surface area contributed by atoms with E-state index in [1.807, 2.05) is 4.90 Å². The Morgan fingerprint density at radius 3 is 2.30 bits per heavy atom. The summed E-state index contributed by atoms with van der Waals surface area (Å²) in [7, 11) is 0. The maximum Gasteiger partial charge on any atom is 0.222 e. The second kappa shape index (κ2) is 10.7. The van der Waals surface area contributed by atoms with Crippen LogP contribution < -0.4 is 22.5 Å². The summed E-state index contributed by atoms with van der Waals surface area (Å²) in [5.74, 6) is 0.164. The van der Waals surface area contributed by atoms with Crippen LogP contribution in [0.2, 0.25) is 0 Å². The third-order valence-corrected chi connectivity index (χ3v) is 3.24. The Bertz CT molecular complexity index is 397. The lowest BCUT2D eigenvalue weighted by atomic mass is 9.90. The molecular weight excluding hydrogens is 294 g/mol. The van der Waals surface area contributed by atoms with Crippen molar-refractivity contribution in [2.75, 3.05) is 26.2 Å². The largest absolute Gasteiger partial charge is 0.370 e. The van der Waals surface area contributed by atoms with Crippen LogP contribution in [0.15, 0.2) is 4.99 Å². The highest BCUT2D eigenvalue weighted by atomic mass is 16.2. The molecule has 0 radical (unpaired) electrons. The molecule has 1 amide bonds. The van der Waals surface area contributed by atoms with Gasteiger partial charge in [0, 0.05) is 32.6 Å². The van der Waals surface area contributed by atoms with Crippen LogP contribution in [0.3, 0.4) is 0 Å². The molecule has 8 nitrogen and oxygen atoms in total. The van der Waals surface area contributed by atoms with Crippen molar-refractivity contribution in [3.63, 3.8) is 0 Å². The molecule has 0 saturated carbocycles. The number of hydrogen-bond donors (Lipinski definition) is 5. The Balaban J connectivity index is 4.37. The maximum atomic E-state index is 12.4. The monoisotopic (exact) mass is 327 g/mol. The van der Waals surface area contributed by atoms with Gasteiger partial charge in [0.05, 0.1) is 0 Å². The average Bonchev–Trinajstić information content (AvgIpc) is 2.41. The molecule has 0 aliphatic carbocycles. The van der Waals surface area contributed by atoms with E-state index in [2.05, 4.69) is 31.1 Å². The van der Waals surface area contributed by atoms with Crippen molar-refractivity contribution < 1.29 is 4.79 Å². The summed E-state index contributed by atoms with van der Waals surface area (Å²) >= 11 is 0. The first-order chi connectivity index (χ1) is 10.6. The second-order valence-corrected chi connectivity index (χ2v) is 6.80. The van der Waals surface area contributed by atoms with Gasteiger partial charge in [0.2, 0.25) is 5.91 Å². The highest BCUT2D eigenvalue weighted by Crippen LogP contribution is 2.21. The molecule has 0 spiro atoms. The number of guanidine groups is 2. The van der Waals surface area contributed by atoms with E-state index in [9.17, 15) is 4.79 Å². The number of carbonyl (C=O) groups is 1. The minimum Gasteiger partial charge on any atom is -0.370 e. The molecule has 0 atom stereocenters. The Morgan fingerprint density at radius 1 is 1.17 bits per heavy atom. The number of nitrogens with two attached hydrogens (primary N) is 3. The van der Waals surface area contributed by atoms with Crippen molar-refractivity contribution >= 4 is 17.8 Å². The average molecular weight is 327 g/mol. The predicted octanol–water partition coefficient (Wildman–Crippen LogP) is 0.178. The minimum atomic E-state index is -0.0524. The Morgan fingerprint density at radius 2 is 1.78 bits per heavy atom. The van der Waals surface area contributed by atoms with E-state index < -0.39 is 0 Å². The molecule has 0 saturated heterocycles. The molecule has 0 fully saturated rings. The van der Waals surface area contributed by atoms with E-state index in [0.29, 0.717) is 32.6 Å². The van der Waals surface area contributed by atoms with Crippen LogP contribution in [0.1, 0.15) is 46.5 Å². The quantitative estimate of drug-likeness (QED) is 0.220. The molecule has 0 unspecified atom stereocenters. The van der Waals surface area contributed by atoms with Gasteiger partial charge in [-0.1, -0.05) is 20.8 Å². The molecule has 0 aromatic rings. The molecule has 8 heteroatoms. The van der Waals surface area contributed by atoms with Gasteiger partial charge in [0.1, 0.15) is 0 Å². The second-order valence-electron chi connectivity index (χ2n) is 6.80. The number of nitrogens with one attached hydrogen (secondary N) is 2. The maximum absolute atomic E-state index is 12.4. The first kappa shape index (κ1) is 21.0. The Kier molecular flexibility index (Phi) is 9.76. The van der Waals surface area contributed by atoms with Gasteiger partial charge in [-0.05, 0) is 24.7 Å². The molecular formula is C15H33N7O. The molecule has 8 N–H and O–H groups in total. The Labute approximate surface area is 139 Å². The molecule has 0 heterocycles. The summed E-state index contributed by atoms with van der Waals surface area (Å²) in [6, 6.07) is 0. The number of nitrogens with zero attached hydrogens (tertiary/aromatic N) is 2. The number of rotatable bonds is 10. The molecule has 0 aromatic heterocycles. The van der Waals surface area contributed by atoms with E-state index in [1.165, 1.54) is 0 Å². The molecule has 134 valence electrons. The summed E-state index contributed by atoms with van der Waals surface area (Å²) < 4.78 is 0. The van der Waals surface area contributed by atoms with Crippen LogP contribution in [-0.2, 0) is 4.79 Å². The lowest BCUT2D eigenvalue weighted by molar-refractivity contribution is -0.131. The zero-order valence-corrected chi connectivity index (χ0v) is 14.7. The number of amides is 1. The smallest absolute Gasteiger partial charge is 0.222 e. The number of carbonyl (C=O) groups excluding carboxylic acids is 1. The van der Waals surface area contributed by atoms with E-state index in [4.69, 9.17) is 22.6 Å².